The van der Waals surface area contributed by atoms with E-state index in [0.29, 0.717) is 22.4 Å². The standard InChI is InChI=1S/C20H25ClN4O.CH2O2/c1-24-9-4-3-8-17(24)13-25(2)20(26)15-7-5-6-14(10-15)16-11-18(21)19(22)23-12-16;2-1-3/h5-7,10-12,17H,3-4,8-9,13H2,1-2H3,(H2,22,23);1H,(H,2,3). The molecule has 2 heterocycles. The summed E-state index contributed by atoms with van der Waals surface area (Å²) in [7, 11) is 4.01. The number of amides is 1. The molecule has 0 aliphatic carbocycles. The second-order valence-electron chi connectivity index (χ2n) is 7.09. The van der Waals surface area contributed by atoms with E-state index < -0.39 is 0 Å². The second kappa shape index (κ2) is 10.8. The number of halogens is 1. The van der Waals surface area contributed by atoms with E-state index in [1.54, 1.807) is 12.3 Å². The van der Waals surface area contributed by atoms with Gasteiger partial charge in [0.1, 0.15) is 5.82 Å². The first-order valence-corrected chi connectivity index (χ1v) is 9.80. The van der Waals surface area contributed by atoms with Crippen molar-refractivity contribution < 1.29 is 14.7 Å². The number of pyridine rings is 1. The first kappa shape index (κ1) is 22.6. The zero-order valence-electron chi connectivity index (χ0n) is 16.7. The van der Waals surface area contributed by atoms with Crippen LogP contribution in [0.1, 0.15) is 29.6 Å². The first-order valence-electron chi connectivity index (χ1n) is 9.42. The van der Waals surface area contributed by atoms with E-state index in [1.165, 1.54) is 12.8 Å². The van der Waals surface area contributed by atoms with Crippen molar-refractivity contribution in [3.63, 3.8) is 0 Å². The summed E-state index contributed by atoms with van der Waals surface area (Å²) in [6.45, 7) is 1.60. The van der Waals surface area contributed by atoms with Gasteiger partial charge in [-0.2, -0.15) is 0 Å². The summed E-state index contributed by atoms with van der Waals surface area (Å²) >= 11 is 6.07. The third-order valence-corrected chi connectivity index (χ3v) is 5.37. The summed E-state index contributed by atoms with van der Waals surface area (Å²) in [5.74, 6) is 0.333. The summed E-state index contributed by atoms with van der Waals surface area (Å²) in [5, 5.41) is 7.30. The molecule has 1 unspecified atom stereocenters. The van der Waals surface area contributed by atoms with Crippen molar-refractivity contribution in [2.75, 3.05) is 32.9 Å². The smallest absolute Gasteiger partial charge is 0.290 e. The zero-order valence-corrected chi connectivity index (χ0v) is 17.5. The molecule has 1 aliphatic rings. The number of piperidine rings is 1. The lowest BCUT2D eigenvalue weighted by Crippen LogP contribution is -2.45. The van der Waals surface area contributed by atoms with Crippen LogP contribution in [0, 0.1) is 0 Å². The Balaban J connectivity index is 0.000000941. The van der Waals surface area contributed by atoms with Gasteiger partial charge in [-0.15, -0.1) is 0 Å². The van der Waals surface area contributed by atoms with Crippen molar-refractivity contribution in [2.24, 2.45) is 0 Å². The van der Waals surface area contributed by atoms with Gasteiger partial charge >= 0.3 is 0 Å². The molecule has 7 nitrogen and oxygen atoms in total. The van der Waals surface area contributed by atoms with Crippen LogP contribution in [0.25, 0.3) is 11.1 Å². The number of carbonyl (C=O) groups excluding carboxylic acids is 1. The van der Waals surface area contributed by atoms with Gasteiger partial charge in [-0.05, 0) is 50.2 Å². The summed E-state index contributed by atoms with van der Waals surface area (Å²) in [5.41, 5.74) is 8.08. The number of hydrogen-bond acceptors (Lipinski definition) is 5. The van der Waals surface area contributed by atoms with E-state index in [1.807, 2.05) is 36.2 Å². The Labute approximate surface area is 176 Å². The quantitative estimate of drug-likeness (QED) is 0.739. The Hall–Kier alpha value is -2.64. The largest absolute Gasteiger partial charge is 0.483 e. The number of nitrogens with zero attached hydrogens (tertiary/aromatic N) is 3. The molecule has 1 fully saturated rings. The SMILES string of the molecule is CN(CC1CCCCN1C)C(=O)c1cccc(-c2cnc(N)c(Cl)c2)c1.O=CO. The number of hydrogen-bond donors (Lipinski definition) is 2. The molecule has 1 aromatic heterocycles. The maximum absolute atomic E-state index is 12.9. The number of benzene rings is 1. The average molecular weight is 419 g/mol. The summed E-state index contributed by atoms with van der Waals surface area (Å²) < 4.78 is 0. The van der Waals surface area contributed by atoms with Crippen LogP contribution in [0.5, 0.6) is 0 Å². The molecule has 1 aromatic carbocycles. The van der Waals surface area contributed by atoms with Gasteiger partial charge in [0.15, 0.2) is 0 Å². The third-order valence-electron chi connectivity index (χ3n) is 5.07. The normalized spacial score (nSPS) is 16.4. The number of nitrogen functional groups attached to an aromatic ring is 1. The minimum Gasteiger partial charge on any atom is -0.483 e. The number of likely N-dealkylation sites (N-methyl/N-ethyl adjacent to an activating group) is 2. The first-order chi connectivity index (χ1) is 13.9. The fourth-order valence-corrected chi connectivity index (χ4v) is 3.60. The van der Waals surface area contributed by atoms with Crippen molar-refractivity contribution in [3.05, 3.63) is 47.1 Å². The Morgan fingerprint density at radius 1 is 1.38 bits per heavy atom. The lowest BCUT2D eigenvalue weighted by molar-refractivity contribution is -0.122. The molecule has 1 atom stereocenters. The Kier molecular flexibility index (Phi) is 8.42. The Bertz CT molecular complexity index is 846. The number of aromatic nitrogens is 1. The van der Waals surface area contributed by atoms with E-state index in [4.69, 9.17) is 27.2 Å². The van der Waals surface area contributed by atoms with Gasteiger partial charge in [-0.1, -0.05) is 30.2 Å². The van der Waals surface area contributed by atoms with Crippen molar-refractivity contribution >= 4 is 29.8 Å². The van der Waals surface area contributed by atoms with Crippen LogP contribution in [-0.4, -0.2) is 65.5 Å². The van der Waals surface area contributed by atoms with Crippen molar-refractivity contribution in [1.82, 2.24) is 14.8 Å². The molecule has 3 N–H and O–H groups in total. The van der Waals surface area contributed by atoms with E-state index in [2.05, 4.69) is 16.9 Å². The van der Waals surface area contributed by atoms with Gasteiger partial charge in [0.05, 0.1) is 5.02 Å². The molecule has 0 spiro atoms. The number of carbonyl (C=O) groups is 2. The van der Waals surface area contributed by atoms with Crippen LogP contribution in [0.2, 0.25) is 5.02 Å². The third kappa shape index (κ3) is 6.17. The maximum Gasteiger partial charge on any atom is 0.290 e. The maximum atomic E-state index is 12.9. The Morgan fingerprint density at radius 3 is 2.76 bits per heavy atom. The summed E-state index contributed by atoms with van der Waals surface area (Å²) in [4.78, 5) is 29.5. The molecule has 1 aliphatic heterocycles. The zero-order chi connectivity index (χ0) is 21.4. The average Bonchev–Trinajstić information content (AvgIpc) is 2.72. The van der Waals surface area contributed by atoms with Crippen LogP contribution in [-0.2, 0) is 4.79 Å². The van der Waals surface area contributed by atoms with Crippen molar-refractivity contribution in [1.29, 1.82) is 0 Å². The molecule has 29 heavy (non-hydrogen) atoms. The van der Waals surface area contributed by atoms with E-state index in [-0.39, 0.29) is 12.4 Å². The monoisotopic (exact) mass is 418 g/mol. The molecule has 1 saturated heterocycles. The predicted octanol–water partition coefficient (Wildman–Crippen LogP) is 3.24. The highest BCUT2D eigenvalue weighted by atomic mass is 35.5. The van der Waals surface area contributed by atoms with Crippen LogP contribution in [0.15, 0.2) is 36.5 Å². The van der Waals surface area contributed by atoms with Crippen LogP contribution in [0.3, 0.4) is 0 Å². The summed E-state index contributed by atoms with van der Waals surface area (Å²) in [6, 6.07) is 9.75. The number of likely N-dealkylation sites (tertiary alicyclic amines) is 1. The predicted molar refractivity (Wildman–Crippen MR) is 115 cm³/mol. The molecular formula is C21H27ClN4O3. The molecule has 2 aromatic rings. The van der Waals surface area contributed by atoms with E-state index in [0.717, 1.165) is 30.6 Å². The van der Waals surface area contributed by atoms with E-state index in [9.17, 15) is 4.79 Å². The summed E-state index contributed by atoms with van der Waals surface area (Å²) in [6.07, 6.45) is 5.29. The molecule has 156 valence electrons. The molecule has 1 amide bonds. The van der Waals surface area contributed by atoms with Gasteiger partial charge in [-0.25, -0.2) is 4.98 Å². The van der Waals surface area contributed by atoms with Crippen LogP contribution < -0.4 is 5.73 Å². The molecular weight excluding hydrogens is 392 g/mol. The minimum absolute atomic E-state index is 0.0281. The highest BCUT2D eigenvalue weighted by Gasteiger charge is 2.23. The fraction of sp³-hybridized carbons (Fsp3) is 0.381. The number of nitrogens with two attached hydrogens (primary N) is 1. The lowest BCUT2D eigenvalue weighted by atomic mass is 10.0. The molecule has 8 heteroatoms. The molecule has 0 saturated carbocycles. The highest BCUT2D eigenvalue weighted by Crippen LogP contribution is 2.26. The van der Waals surface area contributed by atoms with E-state index >= 15 is 0 Å². The van der Waals surface area contributed by atoms with Crippen LogP contribution in [0.4, 0.5) is 5.82 Å². The van der Waals surface area contributed by atoms with Gasteiger partial charge in [-0.3, -0.25) is 9.59 Å². The molecule has 0 radical (unpaired) electrons. The topological polar surface area (TPSA) is 99.8 Å². The molecule has 3 rings (SSSR count). The fourth-order valence-electron chi connectivity index (χ4n) is 3.43. The van der Waals surface area contributed by atoms with Crippen molar-refractivity contribution in [2.45, 2.75) is 25.3 Å². The Morgan fingerprint density at radius 2 is 2.10 bits per heavy atom. The second-order valence-corrected chi connectivity index (χ2v) is 7.50. The van der Waals surface area contributed by atoms with Crippen molar-refractivity contribution in [3.8, 4) is 11.1 Å². The highest BCUT2D eigenvalue weighted by molar-refractivity contribution is 6.33. The van der Waals surface area contributed by atoms with Gasteiger partial charge in [0, 0.05) is 37.0 Å². The number of carboxylic acid groups (broad SMARTS) is 1. The van der Waals surface area contributed by atoms with Gasteiger partial charge in [0.2, 0.25) is 0 Å². The van der Waals surface area contributed by atoms with Crippen LogP contribution >= 0.6 is 11.6 Å². The number of rotatable bonds is 4. The lowest BCUT2D eigenvalue weighted by Gasteiger charge is -2.35. The minimum atomic E-state index is -0.250. The molecule has 0 bridgehead atoms. The van der Waals surface area contributed by atoms with Gasteiger partial charge in [0.25, 0.3) is 12.4 Å². The van der Waals surface area contributed by atoms with Gasteiger partial charge < -0.3 is 20.6 Å². The number of anilines is 1.